The second-order valence-electron chi connectivity index (χ2n) is 7.16. The van der Waals surface area contributed by atoms with Crippen molar-refractivity contribution in [3.8, 4) is 5.75 Å². The van der Waals surface area contributed by atoms with E-state index in [2.05, 4.69) is 56.2 Å². The van der Waals surface area contributed by atoms with E-state index < -0.39 is 0 Å². The monoisotopic (exact) mass is 339 g/mol. The molecule has 0 unspecified atom stereocenters. The number of piperidine rings is 1. The Balaban J connectivity index is 1.95. The van der Waals surface area contributed by atoms with E-state index in [0.29, 0.717) is 11.8 Å². The number of rotatable bonds is 8. The summed E-state index contributed by atoms with van der Waals surface area (Å²) in [6.45, 7) is 15.7. The number of allylic oxidation sites excluding steroid dienone is 4. The van der Waals surface area contributed by atoms with Gasteiger partial charge in [0, 0.05) is 6.54 Å². The van der Waals surface area contributed by atoms with Gasteiger partial charge in [-0.25, -0.2) is 0 Å². The fourth-order valence-electron chi connectivity index (χ4n) is 3.92. The Morgan fingerprint density at radius 1 is 1.28 bits per heavy atom. The quantitative estimate of drug-likeness (QED) is 0.590. The molecule has 1 aliphatic rings. The van der Waals surface area contributed by atoms with E-state index in [1.54, 1.807) is 7.11 Å². The van der Waals surface area contributed by atoms with Crippen LogP contribution in [0.3, 0.4) is 0 Å². The molecular weight excluding hydrogens is 306 g/mol. The van der Waals surface area contributed by atoms with Crippen molar-refractivity contribution in [1.29, 1.82) is 0 Å². The van der Waals surface area contributed by atoms with Crippen molar-refractivity contribution in [3.05, 3.63) is 66.3 Å². The predicted molar refractivity (Wildman–Crippen MR) is 108 cm³/mol. The van der Waals surface area contributed by atoms with Crippen LogP contribution in [0, 0.1) is 5.92 Å². The van der Waals surface area contributed by atoms with Crippen LogP contribution in [0.15, 0.2) is 55.2 Å². The highest BCUT2D eigenvalue weighted by Gasteiger charge is 2.21. The minimum atomic E-state index is 0.482. The highest BCUT2D eigenvalue weighted by atomic mass is 16.5. The van der Waals surface area contributed by atoms with E-state index in [0.717, 1.165) is 31.8 Å². The van der Waals surface area contributed by atoms with Gasteiger partial charge in [-0.3, -0.25) is 0 Å². The van der Waals surface area contributed by atoms with Gasteiger partial charge in [0.2, 0.25) is 0 Å². The lowest BCUT2D eigenvalue weighted by Gasteiger charge is -2.32. The van der Waals surface area contributed by atoms with Crippen molar-refractivity contribution < 1.29 is 4.74 Å². The molecule has 1 aliphatic heterocycles. The minimum Gasteiger partial charge on any atom is -0.496 e. The zero-order valence-electron chi connectivity index (χ0n) is 16.1. The van der Waals surface area contributed by atoms with Gasteiger partial charge in [0.25, 0.3) is 0 Å². The molecule has 0 radical (unpaired) electrons. The van der Waals surface area contributed by atoms with Gasteiger partial charge >= 0.3 is 0 Å². The average Bonchev–Trinajstić information content (AvgIpc) is 2.64. The molecule has 1 aromatic rings. The zero-order valence-corrected chi connectivity index (χ0v) is 16.1. The summed E-state index contributed by atoms with van der Waals surface area (Å²) < 4.78 is 5.58. The summed E-state index contributed by atoms with van der Waals surface area (Å²) in [6.07, 6.45) is 9.49. The van der Waals surface area contributed by atoms with Crippen LogP contribution in [0.1, 0.15) is 43.7 Å². The Labute approximate surface area is 153 Å². The lowest BCUT2D eigenvalue weighted by atomic mass is 9.88. The Morgan fingerprint density at radius 2 is 2.00 bits per heavy atom. The number of methoxy groups -OCH3 is 1. The summed E-state index contributed by atoms with van der Waals surface area (Å²) in [4.78, 5) is 2.59. The van der Waals surface area contributed by atoms with Crippen LogP contribution in [0.25, 0.3) is 0 Å². The van der Waals surface area contributed by atoms with Gasteiger partial charge in [0.15, 0.2) is 0 Å². The van der Waals surface area contributed by atoms with E-state index >= 15 is 0 Å². The summed E-state index contributed by atoms with van der Waals surface area (Å²) in [7, 11) is 1.77. The van der Waals surface area contributed by atoms with Crippen LogP contribution >= 0.6 is 0 Å². The molecular formula is C23H33NO. The third-order valence-electron chi connectivity index (χ3n) is 5.26. The molecule has 0 amide bonds. The normalized spacial score (nSPS) is 16.9. The standard InChI is InChI=1S/C23H33NO/c1-6-9-19(7-2)20-12-15-24(16-13-20)17-14-21-10-8-11-22(25-5)23(21)18(3)4/h6-11,18,20H,1-2,12-17H2,3-5H3/b19-9+. The van der Waals surface area contributed by atoms with Crippen molar-refractivity contribution in [2.24, 2.45) is 5.92 Å². The summed E-state index contributed by atoms with van der Waals surface area (Å²) in [5.41, 5.74) is 4.13. The molecule has 0 saturated carbocycles. The van der Waals surface area contributed by atoms with Crippen molar-refractivity contribution in [2.45, 2.75) is 39.0 Å². The summed E-state index contributed by atoms with van der Waals surface area (Å²) in [6, 6.07) is 6.45. The zero-order chi connectivity index (χ0) is 18.2. The molecule has 2 rings (SSSR count). The maximum absolute atomic E-state index is 5.58. The van der Waals surface area contributed by atoms with E-state index in [4.69, 9.17) is 4.74 Å². The fourth-order valence-corrected chi connectivity index (χ4v) is 3.92. The Hall–Kier alpha value is -1.80. The molecule has 0 spiro atoms. The van der Waals surface area contributed by atoms with Crippen LogP contribution in [0.4, 0.5) is 0 Å². The number of ether oxygens (including phenoxy) is 1. The van der Waals surface area contributed by atoms with Crippen LogP contribution in [0.5, 0.6) is 5.75 Å². The maximum Gasteiger partial charge on any atom is 0.122 e. The largest absolute Gasteiger partial charge is 0.496 e. The summed E-state index contributed by atoms with van der Waals surface area (Å²) in [5, 5.41) is 0. The molecule has 2 nitrogen and oxygen atoms in total. The first kappa shape index (κ1) is 19.5. The van der Waals surface area contributed by atoms with E-state index in [-0.39, 0.29) is 0 Å². The maximum atomic E-state index is 5.58. The van der Waals surface area contributed by atoms with Gasteiger partial charge in [0.1, 0.15) is 5.75 Å². The second kappa shape index (κ2) is 9.62. The average molecular weight is 340 g/mol. The molecule has 136 valence electrons. The first-order valence-corrected chi connectivity index (χ1v) is 9.43. The Kier molecular flexibility index (Phi) is 7.52. The lowest BCUT2D eigenvalue weighted by Crippen LogP contribution is -2.35. The minimum absolute atomic E-state index is 0.482. The van der Waals surface area contributed by atoms with Crippen LogP contribution in [-0.2, 0) is 6.42 Å². The van der Waals surface area contributed by atoms with Crippen molar-refractivity contribution in [3.63, 3.8) is 0 Å². The highest BCUT2D eigenvalue weighted by molar-refractivity contribution is 5.42. The molecule has 0 aliphatic carbocycles. The molecule has 1 fully saturated rings. The van der Waals surface area contributed by atoms with E-state index in [1.807, 2.05) is 12.2 Å². The van der Waals surface area contributed by atoms with E-state index in [9.17, 15) is 0 Å². The summed E-state index contributed by atoms with van der Waals surface area (Å²) >= 11 is 0. The molecule has 0 aromatic heterocycles. The lowest BCUT2D eigenvalue weighted by molar-refractivity contribution is 0.202. The van der Waals surface area contributed by atoms with Crippen molar-refractivity contribution >= 4 is 0 Å². The molecule has 0 atom stereocenters. The van der Waals surface area contributed by atoms with Gasteiger partial charge in [0.05, 0.1) is 7.11 Å². The highest BCUT2D eigenvalue weighted by Crippen LogP contribution is 2.31. The molecule has 1 saturated heterocycles. The van der Waals surface area contributed by atoms with Crippen LogP contribution in [-0.4, -0.2) is 31.6 Å². The number of nitrogens with zero attached hydrogens (tertiary/aromatic N) is 1. The number of hydrogen-bond donors (Lipinski definition) is 0. The third kappa shape index (κ3) is 5.09. The summed E-state index contributed by atoms with van der Waals surface area (Å²) in [5.74, 6) is 2.14. The molecule has 0 N–H and O–H groups in total. The van der Waals surface area contributed by atoms with Crippen molar-refractivity contribution in [1.82, 2.24) is 4.90 Å². The number of likely N-dealkylation sites (tertiary alicyclic amines) is 1. The fraction of sp³-hybridized carbons (Fsp3) is 0.478. The number of benzene rings is 1. The first-order valence-electron chi connectivity index (χ1n) is 9.43. The molecule has 25 heavy (non-hydrogen) atoms. The second-order valence-corrected chi connectivity index (χ2v) is 7.16. The van der Waals surface area contributed by atoms with E-state index in [1.165, 1.54) is 29.5 Å². The topological polar surface area (TPSA) is 12.5 Å². The molecule has 2 heteroatoms. The predicted octanol–water partition coefficient (Wildman–Crippen LogP) is 5.37. The SMILES string of the molecule is C=C/C=C(\C=C)C1CCN(CCc2cccc(OC)c2C(C)C)CC1. The molecule has 0 bridgehead atoms. The Bertz CT molecular complexity index is 607. The smallest absolute Gasteiger partial charge is 0.122 e. The van der Waals surface area contributed by atoms with Gasteiger partial charge in [-0.05, 0) is 67.0 Å². The van der Waals surface area contributed by atoms with Gasteiger partial charge in [-0.15, -0.1) is 0 Å². The third-order valence-corrected chi connectivity index (χ3v) is 5.26. The Morgan fingerprint density at radius 3 is 2.56 bits per heavy atom. The molecule has 1 heterocycles. The van der Waals surface area contributed by atoms with Gasteiger partial charge < -0.3 is 9.64 Å². The number of hydrogen-bond acceptors (Lipinski definition) is 2. The molecule has 1 aromatic carbocycles. The van der Waals surface area contributed by atoms with Crippen LogP contribution in [0.2, 0.25) is 0 Å². The van der Waals surface area contributed by atoms with Gasteiger partial charge in [-0.1, -0.05) is 57.4 Å². The van der Waals surface area contributed by atoms with Crippen molar-refractivity contribution in [2.75, 3.05) is 26.7 Å². The van der Waals surface area contributed by atoms with Crippen LogP contribution < -0.4 is 4.74 Å². The first-order chi connectivity index (χ1) is 12.1. The van der Waals surface area contributed by atoms with Gasteiger partial charge in [-0.2, -0.15) is 0 Å².